The van der Waals surface area contributed by atoms with Crippen LogP contribution in [0.4, 0.5) is 4.39 Å². The van der Waals surface area contributed by atoms with Crippen LogP contribution < -0.4 is 5.73 Å². The summed E-state index contributed by atoms with van der Waals surface area (Å²) in [5, 5.41) is 0. The van der Waals surface area contributed by atoms with Gasteiger partial charge in [-0.05, 0) is 35.0 Å². The van der Waals surface area contributed by atoms with Crippen LogP contribution in [-0.2, 0) is 9.53 Å². The monoisotopic (exact) mass is 295 g/mol. The molecule has 2 N–H and O–H groups in total. The molecule has 1 aromatic heterocycles. The lowest BCUT2D eigenvalue weighted by atomic mass is 10.1. The molecule has 0 amide bonds. The molecule has 2 atom stereocenters. The Kier molecular flexibility index (Phi) is 4.69. The van der Waals surface area contributed by atoms with Crippen molar-refractivity contribution >= 4 is 33.2 Å². The second-order valence-corrected chi connectivity index (χ2v) is 5.32. The Labute approximate surface area is 99.5 Å². The third-order valence-electron chi connectivity index (χ3n) is 1.75. The van der Waals surface area contributed by atoms with E-state index in [1.165, 1.54) is 11.3 Å². The largest absolute Gasteiger partial charge is 0.464 e. The Bertz CT molecular complexity index is 345. The van der Waals surface area contributed by atoms with Gasteiger partial charge in [-0.1, -0.05) is 0 Å². The van der Waals surface area contributed by atoms with Gasteiger partial charge in [-0.15, -0.1) is 11.3 Å². The minimum absolute atomic E-state index is 0.153. The zero-order valence-electron chi connectivity index (χ0n) is 8.07. The Balaban J connectivity index is 2.67. The molecule has 0 saturated carbocycles. The zero-order valence-corrected chi connectivity index (χ0v) is 10.5. The molecule has 6 heteroatoms. The highest BCUT2D eigenvalue weighted by atomic mass is 79.9. The van der Waals surface area contributed by atoms with Crippen LogP contribution in [0.5, 0.6) is 0 Å². The maximum atomic E-state index is 13.5. The smallest absolute Gasteiger partial charge is 0.342 e. The second kappa shape index (κ2) is 5.58. The Morgan fingerprint density at radius 2 is 2.40 bits per heavy atom. The summed E-state index contributed by atoms with van der Waals surface area (Å²) < 4.78 is 18.9. The molecule has 0 aliphatic rings. The van der Waals surface area contributed by atoms with E-state index in [-0.39, 0.29) is 6.61 Å². The van der Waals surface area contributed by atoms with Crippen molar-refractivity contribution in [1.29, 1.82) is 0 Å². The highest BCUT2D eigenvalue weighted by Crippen LogP contribution is 2.28. The predicted molar refractivity (Wildman–Crippen MR) is 60.5 cm³/mol. The van der Waals surface area contributed by atoms with Gasteiger partial charge in [-0.3, -0.25) is 0 Å². The minimum atomic E-state index is -1.81. The van der Waals surface area contributed by atoms with Crippen LogP contribution in [0.2, 0.25) is 0 Å². The van der Waals surface area contributed by atoms with E-state index in [1.54, 1.807) is 19.1 Å². The standard InChI is InChI=1S/C9H11BrFNO2S/c1-2-14-9(13)7(11)8(12)5-3-4-6(10)15-5/h3-4,7-8H,2,12H2,1H3/t7?,8-/m0/s1. The van der Waals surface area contributed by atoms with Gasteiger partial charge in [0.25, 0.3) is 0 Å². The molecule has 3 nitrogen and oxygen atoms in total. The molecule has 0 bridgehead atoms. The summed E-state index contributed by atoms with van der Waals surface area (Å²) >= 11 is 4.55. The molecule has 84 valence electrons. The number of esters is 1. The number of halogens is 2. The van der Waals surface area contributed by atoms with E-state index in [0.717, 1.165) is 3.79 Å². The highest BCUT2D eigenvalue weighted by Gasteiger charge is 2.28. The van der Waals surface area contributed by atoms with Crippen molar-refractivity contribution in [2.24, 2.45) is 5.73 Å². The maximum absolute atomic E-state index is 13.5. The van der Waals surface area contributed by atoms with E-state index in [1.807, 2.05) is 0 Å². The average Bonchev–Trinajstić information content (AvgIpc) is 2.63. The van der Waals surface area contributed by atoms with Gasteiger partial charge in [0.1, 0.15) is 0 Å². The van der Waals surface area contributed by atoms with Crippen molar-refractivity contribution in [2.75, 3.05) is 6.61 Å². The molecule has 1 unspecified atom stereocenters. The number of hydrogen-bond donors (Lipinski definition) is 1. The molecular weight excluding hydrogens is 285 g/mol. The van der Waals surface area contributed by atoms with Gasteiger partial charge >= 0.3 is 5.97 Å². The van der Waals surface area contributed by atoms with Gasteiger partial charge in [0.15, 0.2) is 0 Å². The first-order valence-corrected chi connectivity index (χ1v) is 5.98. The van der Waals surface area contributed by atoms with Crippen LogP contribution in [0.1, 0.15) is 17.8 Å². The minimum Gasteiger partial charge on any atom is -0.464 e. The van der Waals surface area contributed by atoms with Gasteiger partial charge in [0.2, 0.25) is 6.17 Å². The van der Waals surface area contributed by atoms with E-state index in [9.17, 15) is 9.18 Å². The molecule has 1 heterocycles. The number of carbonyl (C=O) groups is 1. The summed E-state index contributed by atoms with van der Waals surface area (Å²) in [5.74, 6) is -0.908. The zero-order chi connectivity index (χ0) is 11.4. The molecule has 0 fully saturated rings. The number of thiophene rings is 1. The van der Waals surface area contributed by atoms with Gasteiger partial charge in [0.05, 0.1) is 16.4 Å². The summed E-state index contributed by atoms with van der Waals surface area (Å²) in [6, 6.07) is 2.49. The Morgan fingerprint density at radius 1 is 1.73 bits per heavy atom. The van der Waals surface area contributed by atoms with Crippen LogP contribution in [0.15, 0.2) is 15.9 Å². The predicted octanol–water partition coefficient (Wildman–Crippen LogP) is 2.41. The van der Waals surface area contributed by atoms with Gasteiger partial charge in [-0.2, -0.15) is 0 Å². The maximum Gasteiger partial charge on any atom is 0.342 e. The third kappa shape index (κ3) is 3.25. The summed E-state index contributed by atoms with van der Waals surface area (Å²) in [4.78, 5) is 11.7. The summed E-state index contributed by atoms with van der Waals surface area (Å²) in [6.45, 7) is 1.78. The molecular formula is C9H11BrFNO2S. The van der Waals surface area contributed by atoms with Crippen molar-refractivity contribution in [3.05, 3.63) is 20.8 Å². The van der Waals surface area contributed by atoms with Crippen molar-refractivity contribution in [3.63, 3.8) is 0 Å². The summed E-state index contributed by atoms with van der Waals surface area (Å²) in [5.41, 5.74) is 5.60. The van der Waals surface area contributed by atoms with Crippen LogP contribution in [0.3, 0.4) is 0 Å². The normalized spacial score (nSPS) is 14.7. The van der Waals surface area contributed by atoms with E-state index < -0.39 is 18.2 Å². The summed E-state index contributed by atoms with van der Waals surface area (Å²) in [6.07, 6.45) is -1.81. The number of carbonyl (C=O) groups excluding carboxylic acids is 1. The fraction of sp³-hybridized carbons (Fsp3) is 0.444. The lowest BCUT2D eigenvalue weighted by Gasteiger charge is -2.13. The van der Waals surface area contributed by atoms with Crippen molar-refractivity contribution in [3.8, 4) is 0 Å². The third-order valence-corrected chi connectivity index (χ3v) is 3.47. The van der Waals surface area contributed by atoms with E-state index in [4.69, 9.17) is 5.73 Å². The number of hydrogen-bond acceptors (Lipinski definition) is 4. The Hall–Kier alpha value is -0.460. The highest BCUT2D eigenvalue weighted by molar-refractivity contribution is 9.11. The number of rotatable bonds is 4. The molecule has 1 aromatic rings. The van der Waals surface area contributed by atoms with Gasteiger partial charge in [0, 0.05) is 4.88 Å². The van der Waals surface area contributed by atoms with E-state index >= 15 is 0 Å². The van der Waals surface area contributed by atoms with E-state index in [2.05, 4.69) is 20.7 Å². The van der Waals surface area contributed by atoms with Gasteiger partial charge < -0.3 is 10.5 Å². The van der Waals surface area contributed by atoms with Crippen LogP contribution in [0, 0.1) is 0 Å². The molecule has 0 aliphatic carbocycles. The molecule has 1 rings (SSSR count). The quantitative estimate of drug-likeness (QED) is 0.868. The number of alkyl halides is 1. The first-order chi connectivity index (χ1) is 7.06. The van der Waals surface area contributed by atoms with Crippen LogP contribution in [-0.4, -0.2) is 18.7 Å². The van der Waals surface area contributed by atoms with Crippen molar-refractivity contribution < 1.29 is 13.9 Å². The molecule has 0 aromatic carbocycles. The topological polar surface area (TPSA) is 52.3 Å². The summed E-state index contributed by atoms with van der Waals surface area (Å²) in [7, 11) is 0. The number of ether oxygens (including phenoxy) is 1. The van der Waals surface area contributed by atoms with Crippen molar-refractivity contribution in [2.45, 2.75) is 19.1 Å². The molecule has 15 heavy (non-hydrogen) atoms. The van der Waals surface area contributed by atoms with Crippen LogP contribution in [0.25, 0.3) is 0 Å². The fourth-order valence-corrected chi connectivity index (χ4v) is 2.47. The fourth-order valence-electron chi connectivity index (χ4n) is 1.02. The van der Waals surface area contributed by atoms with Crippen molar-refractivity contribution in [1.82, 2.24) is 0 Å². The number of nitrogens with two attached hydrogens (primary N) is 1. The lowest BCUT2D eigenvalue weighted by molar-refractivity contribution is -0.149. The molecule has 0 spiro atoms. The van der Waals surface area contributed by atoms with E-state index in [0.29, 0.717) is 4.88 Å². The van der Waals surface area contributed by atoms with Gasteiger partial charge in [-0.25, -0.2) is 9.18 Å². The lowest BCUT2D eigenvalue weighted by Crippen LogP contribution is -2.30. The Morgan fingerprint density at radius 3 is 2.87 bits per heavy atom. The first-order valence-electron chi connectivity index (χ1n) is 4.37. The molecule has 0 radical (unpaired) electrons. The first kappa shape index (κ1) is 12.6. The second-order valence-electron chi connectivity index (χ2n) is 2.82. The SMILES string of the molecule is CCOC(=O)C(F)[C@@H](N)c1ccc(Br)s1. The average molecular weight is 296 g/mol. The van der Waals surface area contributed by atoms with Crippen LogP contribution >= 0.6 is 27.3 Å². The molecule has 0 saturated heterocycles. The molecule has 0 aliphatic heterocycles.